The number of hydrogen-bond acceptors (Lipinski definition) is 1. The van der Waals surface area contributed by atoms with Crippen molar-refractivity contribution in [3.8, 4) is 0 Å². The number of aldehydes is 1. The van der Waals surface area contributed by atoms with Crippen LogP contribution in [0.5, 0.6) is 0 Å². The molecule has 0 amide bonds. The summed E-state index contributed by atoms with van der Waals surface area (Å²) in [5, 5.41) is 0. The number of halogens is 4. The molecule has 0 fully saturated rings. The number of unbranched alkanes of at least 4 members (excludes halogenated alkanes) is 1. The number of rotatable bonds is 4. The lowest BCUT2D eigenvalue weighted by molar-refractivity contribution is -0.137. The monoisotopic (exact) mass is 294 g/mol. The minimum absolute atomic E-state index is 0.424. The highest BCUT2D eigenvalue weighted by molar-refractivity contribution is 9.10. The zero-order chi connectivity index (χ0) is 12.2. The number of carbonyl (C=O) groups is 1. The van der Waals surface area contributed by atoms with Gasteiger partial charge in [0.05, 0.1) is 5.56 Å². The number of hydrogen-bond donors (Lipinski definition) is 0. The Balaban J connectivity index is 2.79. The van der Waals surface area contributed by atoms with Gasteiger partial charge in [0.25, 0.3) is 0 Å². The van der Waals surface area contributed by atoms with Gasteiger partial charge in [-0.1, -0.05) is 22.0 Å². The molecular formula is C11H10BrF3O. The molecule has 0 heterocycles. The van der Waals surface area contributed by atoms with Crippen LogP contribution in [-0.4, -0.2) is 6.29 Å². The molecule has 0 N–H and O–H groups in total. The summed E-state index contributed by atoms with van der Waals surface area (Å²) in [6.45, 7) is 0. The van der Waals surface area contributed by atoms with Crippen LogP contribution >= 0.6 is 15.9 Å². The summed E-state index contributed by atoms with van der Waals surface area (Å²) in [6, 6.07) is 3.56. The summed E-state index contributed by atoms with van der Waals surface area (Å²) in [4.78, 5) is 10.1. The molecule has 0 saturated heterocycles. The Kier molecular flexibility index (Phi) is 4.53. The van der Waals surface area contributed by atoms with Gasteiger partial charge in [0.15, 0.2) is 0 Å². The fourth-order valence-corrected chi connectivity index (χ4v) is 1.88. The maximum Gasteiger partial charge on any atom is 0.416 e. The zero-order valence-corrected chi connectivity index (χ0v) is 9.94. The van der Waals surface area contributed by atoms with Gasteiger partial charge in [-0.05, 0) is 30.5 Å². The molecule has 0 saturated carbocycles. The molecule has 88 valence electrons. The molecule has 0 radical (unpaired) electrons. The number of carbonyl (C=O) groups excluding carboxylic acids is 1. The van der Waals surface area contributed by atoms with Gasteiger partial charge in [0, 0.05) is 10.9 Å². The Hall–Kier alpha value is -0.840. The topological polar surface area (TPSA) is 17.1 Å². The highest BCUT2D eigenvalue weighted by atomic mass is 79.9. The van der Waals surface area contributed by atoms with E-state index in [4.69, 9.17) is 0 Å². The van der Waals surface area contributed by atoms with Crippen molar-refractivity contribution in [3.63, 3.8) is 0 Å². The van der Waals surface area contributed by atoms with Gasteiger partial charge in [-0.15, -0.1) is 0 Å². The summed E-state index contributed by atoms with van der Waals surface area (Å²) in [6.07, 6.45) is -1.85. The first-order valence-electron chi connectivity index (χ1n) is 4.74. The van der Waals surface area contributed by atoms with Crippen LogP contribution in [0.2, 0.25) is 0 Å². The summed E-state index contributed by atoms with van der Waals surface area (Å²) < 4.78 is 37.5. The lowest BCUT2D eigenvalue weighted by atomic mass is 10.1. The summed E-state index contributed by atoms with van der Waals surface area (Å²) in [5.41, 5.74) is 0.119. The van der Waals surface area contributed by atoms with Gasteiger partial charge < -0.3 is 4.79 Å². The molecule has 0 unspecified atom stereocenters. The largest absolute Gasteiger partial charge is 0.416 e. The van der Waals surface area contributed by atoms with E-state index in [1.165, 1.54) is 6.07 Å². The van der Waals surface area contributed by atoms with Crippen LogP contribution in [0.4, 0.5) is 13.2 Å². The van der Waals surface area contributed by atoms with E-state index in [1.54, 1.807) is 0 Å². The first-order valence-corrected chi connectivity index (χ1v) is 5.53. The van der Waals surface area contributed by atoms with E-state index in [0.717, 1.165) is 24.0 Å². The smallest absolute Gasteiger partial charge is 0.303 e. The predicted octanol–water partition coefficient (Wildman–Crippen LogP) is 3.99. The molecular weight excluding hydrogens is 285 g/mol. The van der Waals surface area contributed by atoms with Crippen molar-refractivity contribution in [2.75, 3.05) is 0 Å². The van der Waals surface area contributed by atoms with Crippen LogP contribution in [-0.2, 0) is 17.4 Å². The van der Waals surface area contributed by atoms with Crippen LogP contribution in [0.1, 0.15) is 24.0 Å². The molecule has 5 heteroatoms. The third-order valence-electron chi connectivity index (χ3n) is 2.15. The average molecular weight is 295 g/mol. The van der Waals surface area contributed by atoms with Crippen LogP contribution in [0.15, 0.2) is 22.7 Å². The number of alkyl halides is 3. The van der Waals surface area contributed by atoms with Crippen molar-refractivity contribution in [1.82, 2.24) is 0 Å². The fourth-order valence-electron chi connectivity index (χ4n) is 1.30. The van der Waals surface area contributed by atoms with Gasteiger partial charge in [-0.3, -0.25) is 0 Å². The number of benzene rings is 1. The molecule has 0 aliphatic heterocycles. The minimum atomic E-state index is -4.32. The molecule has 0 spiro atoms. The number of aryl methyl sites for hydroxylation is 1. The Morgan fingerprint density at radius 2 is 2.00 bits per heavy atom. The minimum Gasteiger partial charge on any atom is -0.303 e. The normalized spacial score (nSPS) is 11.5. The van der Waals surface area contributed by atoms with E-state index in [2.05, 4.69) is 15.9 Å². The maximum atomic E-state index is 12.3. The van der Waals surface area contributed by atoms with Crippen LogP contribution in [0, 0.1) is 0 Å². The first-order chi connectivity index (χ1) is 7.45. The second-order valence-electron chi connectivity index (χ2n) is 3.36. The molecule has 0 atom stereocenters. The summed E-state index contributed by atoms with van der Waals surface area (Å²) in [7, 11) is 0. The van der Waals surface area contributed by atoms with E-state index in [9.17, 15) is 18.0 Å². The quantitative estimate of drug-likeness (QED) is 0.606. The van der Waals surface area contributed by atoms with E-state index >= 15 is 0 Å². The van der Waals surface area contributed by atoms with Gasteiger partial charge in [0.1, 0.15) is 6.29 Å². The Bertz CT molecular complexity index is 374. The van der Waals surface area contributed by atoms with E-state index < -0.39 is 11.7 Å². The lowest BCUT2D eigenvalue weighted by Crippen LogP contribution is -2.05. The highest BCUT2D eigenvalue weighted by Crippen LogP contribution is 2.32. The molecule has 16 heavy (non-hydrogen) atoms. The molecule has 0 aromatic heterocycles. The SMILES string of the molecule is O=CCCCc1ccc(C(F)(F)F)cc1Br. The Morgan fingerprint density at radius 1 is 1.31 bits per heavy atom. The summed E-state index contributed by atoms with van der Waals surface area (Å²) in [5.74, 6) is 0. The lowest BCUT2D eigenvalue weighted by Gasteiger charge is -2.09. The van der Waals surface area contributed by atoms with Crippen molar-refractivity contribution >= 4 is 22.2 Å². The van der Waals surface area contributed by atoms with Crippen LogP contribution < -0.4 is 0 Å². The molecule has 1 aromatic rings. The zero-order valence-electron chi connectivity index (χ0n) is 8.35. The second-order valence-corrected chi connectivity index (χ2v) is 4.22. The van der Waals surface area contributed by atoms with Crippen molar-refractivity contribution in [1.29, 1.82) is 0 Å². The Morgan fingerprint density at radius 3 is 2.50 bits per heavy atom. The third-order valence-corrected chi connectivity index (χ3v) is 2.89. The molecule has 1 rings (SSSR count). The molecule has 1 aromatic carbocycles. The van der Waals surface area contributed by atoms with Crippen LogP contribution in [0.3, 0.4) is 0 Å². The third kappa shape index (κ3) is 3.63. The molecule has 0 aliphatic carbocycles. The maximum absolute atomic E-state index is 12.3. The molecule has 0 bridgehead atoms. The molecule has 0 aliphatic rings. The van der Waals surface area contributed by atoms with E-state index in [-0.39, 0.29) is 0 Å². The average Bonchev–Trinajstić information content (AvgIpc) is 2.19. The predicted molar refractivity (Wildman–Crippen MR) is 58.1 cm³/mol. The van der Waals surface area contributed by atoms with Gasteiger partial charge in [0.2, 0.25) is 0 Å². The van der Waals surface area contributed by atoms with Crippen molar-refractivity contribution < 1.29 is 18.0 Å². The van der Waals surface area contributed by atoms with Crippen molar-refractivity contribution in [2.24, 2.45) is 0 Å². The van der Waals surface area contributed by atoms with Gasteiger partial charge in [-0.25, -0.2) is 0 Å². The van der Waals surface area contributed by atoms with Gasteiger partial charge in [-0.2, -0.15) is 13.2 Å². The standard InChI is InChI=1S/C11H10BrF3O/c12-10-7-9(11(13,14)15)5-4-8(10)3-1-2-6-16/h4-7H,1-3H2. The van der Waals surface area contributed by atoms with Gasteiger partial charge >= 0.3 is 6.18 Å². The molecule has 1 nitrogen and oxygen atoms in total. The summed E-state index contributed by atoms with van der Waals surface area (Å²) >= 11 is 3.10. The fraction of sp³-hybridized carbons (Fsp3) is 0.364. The van der Waals surface area contributed by atoms with Crippen molar-refractivity contribution in [3.05, 3.63) is 33.8 Å². The van der Waals surface area contributed by atoms with E-state index in [1.807, 2.05) is 0 Å². The second kappa shape index (κ2) is 5.48. The Labute approximate surface area is 99.8 Å². The van der Waals surface area contributed by atoms with Crippen molar-refractivity contribution in [2.45, 2.75) is 25.4 Å². The highest BCUT2D eigenvalue weighted by Gasteiger charge is 2.30. The van der Waals surface area contributed by atoms with E-state index in [0.29, 0.717) is 23.7 Å². The van der Waals surface area contributed by atoms with Crippen LogP contribution in [0.25, 0.3) is 0 Å². The first kappa shape index (κ1) is 13.2.